The zero-order valence-electron chi connectivity index (χ0n) is 15.8. The number of carbonyl (C=O) groups is 2. The summed E-state index contributed by atoms with van der Waals surface area (Å²) in [5.41, 5.74) is 2.42. The van der Waals surface area contributed by atoms with Gasteiger partial charge in [-0.3, -0.25) is 24.6 Å². The van der Waals surface area contributed by atoms with Crippen LogP contribution in [0.2, 0.25) is 0 Å². The van der Waals surface area contributed by atoms with Crippen molar-refractivity contribution in [3.05, 3.63) is 58.6 Å². The zero-order chi connectivity index (χ0) is 20.4. The highest BCUT2D eigenvalue weighted by atomic mass is 16.6. The maximum Gasteiger partial charge on any atom is 0.282 e. The summed E-state index contributed by atoms with van der Waals surface area (Å²) in [5.74, 6) is -0.249. The van der Waals surface area contributed by atoms with Gasteiger partial charge in [-0.25, -0.2) is 0 Å². The molecule has 2 heterocycles. The summed E-state index contributed by atoms with van der Waals surface area (Å²) in [6, 6.07) is 13.9. The van der Waals surface area contributed by atoms with Crippen LogP contribution in [0.25, 0.3) is 0 Å². The number of amides is 2. The Morgan fingerprint density at radius 1 is 1.10 bits per heavy atom. The number of nitro benzene ring substituents is 1. The van der Waals surface area contributed by atoms with Crippen molar-refractivity contribution < 1.29 is 19.4 Å². The summed E-state index contributed by atoms with van der Waals surface area (Å²) in [6.45, 7) is 3.46. The van der Waals surface area contributed by atoms with Crippen LogP contribution in [0.4, 0.5) is 22.7 Å². The number of nitrogens with zero attached hydrogens (tertiary/aromatic N) is 3. The number of hydrogen-bond donors (Lipinski definition) is 2. The standard InChI is InChI=1S/C20H21N5O4/c26-19-13-24(18-4-2-1-3-17(18)21-19)20(27)14-22-9-11-23(12-10-22)15-5-7-16(8-6-15)25(28)29/h1-8H,9-14H2,(H,21,26)/p+1. The molecule has 2 aliphatic heterocycles. The third-order valence-electron chi connectivity index (χ3n) is 5.37. The van der Waals surface area contributed by atoms with Crippen molar-refractivity contribution >= 4 is 34.6 Å². The molecule has 29 heavy (non-hydrogen) atoms. The highest BCUT2D eigenvalue weighted by molar-refractivity contribution is 6.10. The molecule has 0 aliphatic carbocycles. The molecule has 150 valence electrons. The van der Waals surface area contributed by atoms with E-state index in [9.17, 15) is 19.7 Å². The molecule has 0 aromatic heterocycles. The summed E-state index contributed by atoms with van der Waals surface area (Å²) in [4.78, 5) is 40.1. The Kier molecular flexibility index (Phi) is 5.13. The van der Waals surface area contributed by atoms with Crippen LogP contribution in [0.1, 0.15) is 0 Å². The van der Waals surface area contributed by atoms with Crippen molar-refractivity contribution in [2.45, 2.75) is 0 Å². The highest BCUT2D eigenvalue weighted by Gasteiger charge is 2.30. The SMILES string of the molecule is O=C1CN(C(=O)C[NH+]2CCN(c3ccc([N+](=O)[O-])cc3)CC2)c2ccccc2N1. The molecular formula is C20H22N5O4+. The van der Waals surface area contributed by atoms with Crippen LogP contribution in [0.5, 0.6) is 0 Å². The molecule has 1 fully saturated rings. The van der Waals surface area contributed by atoms with E-state index in [4.69, 9.17) is 0 Å². The molecule has 9 heteroatoms. The fraction of sp³-hybridized carbons (Fsp3) is 0.300. The van der Waals surface area contributed by atoms with Gasteiger partial charge in [0.05, 0.1) is 42.5 Å². The molecule has 0 radical (unpaired) electrons. The van der Waals surface area contributed by atoms with Crippen molar-refractivity contribution in [3.63, 3.8) is 0 Å². The Hall–Kier alpha value is -3.46. The van der Waals surface area contributed by atoms with Gasteiger partial charge in [-0.15, -0.1) is 0 Å². The number of non-ortho nitro benzene ring substituents is 1. The largest absolute Gasteiger partial charge is 0.360 e. The summed E-state index contributed by atoms with van der Waals surface area (Å²) < 4.78 is 0. The van der Waals surface area contributed by atoms with Crippen LogP contribution in [0, 0.1) is 10.1 Å². The molecule has 0 bridgehead atoms. The Morgan fingerprint density at radius 2 is 1.79 bits per heavy atom. The van der Waals surface area contributed by atoms with E-state index in [2.05, 4.69) is 10.2 Å². The molecule has 1 saturated heterocycles. The van der Waals surface area contributed by atoms with E-state index in [1.807, 2.05) is 18.2 Å². The molecule has 0 saturated carbocycles. The quantitative estimate of drug-likeness (QED) is 0.571. The smallest absolute Gasteiger partial charge is 0.282 e. The van der Waals surface area contributed by atoms with Gasteiger partial charge in [0, 0.05) is 17.8 Å². The molecular weight excluding hydrogens is 374 g/mol. The Bertz CT molecular complexity index is 938. The first-order valence-corrected chi connectivity index (χ1v) is 9.53. The van der Waals surface area contributed by atoms with Gasteiger partial charge in [0.1, 0.15) is 6.54 Å². The lowest BCUT2D eigenvalue weighted by molar-refractivity contribution is -0.892. The number of fused-ring (bicyclic) bond motifs is 1. The van der Waals surface area contributed by atoms with Gasteiger partial charge in [0.2, 0.25) is 5.91 Å². The predicted molar refractivity (Wildman–Crippen MR) is 108 cm³/mol. The number of para-hydroxylation sites is 2. The average molecular weight is 396 g/mol. The van der Waals surface area contributed by atoms with Crippen LogP contribution in [0.15, 0.2) is 48.5 Å². The average Bonchev–Trinajstić information content (AvgIpc) is 2.73. The van der Waals surface area contributed by atoms with Crippen molar-refractivity contribution in [3.8, 4) is 0 Å². The van der Waals surface area contributed by atoms with Gasteiger partial charge in [0.15, 0.2) is 6.54 Å². The number of hydrogen-bond acceptors (Lipinski definition) is 5. The Balaban J connectivity index is 1.36. The topological polar surface area (TPSA) is 100 Å². The molecule has 9 nitrogen and oxygen atoms in total. The van der Waals surface area contributed by atoms with Crippen molar-refractivity contribution in [2.75, 3.05) is 54.4 Å². The van der Waals surface area contributed by atoms with Gasteiger partial charge in [-0.05, 0) is 24.3 Å². The highest BCUT2D eigenvalue weighted by Crippen LogP contribution is 2.28. The van der Waals surface area contributed by atoms with E-state index in [0.717, 1.165) is 42.5 Å². The van der Waals surface area contributed by atoms with E-state index in [1.54, 1.807) is 23.1 Å². The predicted octanol–water partition coefficient (Wildman–Crippen LogP) is 0.285. The molecule has 2 aliphatic rings. The van der Waals surface area contributed by atoms with Crippen molar-refractivity contribution in [1.82, 2.24) is 0 Å². The number of rotatable bonds is 4. The summed E-state index contributed by atoms with van der Waals surface area (Å²) in [6.07, 6.45) is 0. The number of nitrogens with one attached hydrogen (secondary N) is 2. The molecule has 0 spiro atoms. The van der Waals surface area contributed by atoms with Crippen LogP contribution < -0.4 is 20.0 Å². The van der Waals surface area contributed by atoms with E-state index in [1.165, 1.54) is 12.1 Å². The Labute approximate surface area is 167 Å². The van der Waals surface area contributed by atoms with E-state index in [-0.39, 0.29) is 24.0 Å². The molecule has 0 atom stereocenters. The lowest BCUT2D eigenvalue weighted by Crippen LogP contribution is -3.16. The van der Waals surface area contributed by atoms with Gasteiger partial charge >= 0.3 is 0 Å². The third-order valence-corrected chi connectivity index (χ3v) is 5.37. The molecule has 0 unspecified atom stereocenters. The number of piperazine rings is 1. The first-order valence-electron chi connectivity index (χ1n) is 9.53. The van der Waals surface area contributed by atoms with Gasteiger partial charge in [0.25, 0.3) is 11.6 Å². The fourth-order valence-corrected chi connectivity index (χ4v) is 3.81. The van der Waals surface area contributed by atoms with E-state index < -0.39 is 4.92 Å². The minimum Gasteiger partial charge on any atom is -0.360 e. The number of carbonyl (C=O) groups excluding carboxylic acids is 2. The van der Waals surface area contributed by atoms with Crippen LogP contribution in [-0.4, -0.2) is 56.0 Å². The Morgan fingerprint density at radius 3 is 2.48 bits per heavy atom. The summed E-state index contributed by atoms with van der Waals surface area (Å²) in [5, 5.41) is 13.6. The van der Waals surface area contributed by atoms with Crippen molar-refractivity contribution in [1.29, 1.82) is 0 Å². The minimum absolute atomic E-state index is 0.0397. The number of benzene rings is 2. The normalized spacial score (nSPS) is 16.9. The van der Waals surface area contributed by atoms with E-state index in [0.29, 0.717) is 12.2 Å². The number of nitro groups is 1. The monoisotopic (exact) mass is 396 g/mol. The first-order chi connectivity index (χ1) is 14.0. The molecule has 2 aromatic rings. The van der Waals surface area contributed by atoms with Crippen molar-refractivity contribution in [2.24, 2.45) is 0 Å². The summed E-state index contributed by atoms with van der Waals surface area (Å²) >= 11 is 0. The zero-order valence-corrected chi connectivity index (χ0v) is 15.8. The fourth-order valence-electron chi connectivity index (χ4n) is 3.81. The molecule has 2 N–H and O–H groups in total. The second kappa shape index (κ2) is 7.88. The third kappa shape index (κ3) is 4.04. The lowest BCUT2D eigenvalue weighted by Gasteiger charge is -2.35. The second-order valence-corrected chi connectivity index (χ2v) is 7.23. The van der Waals surface area contributed by atoms with Gasteiger partial charge < -0.3 is 15.1 Å². The first kappa shape index (κ1) is 18.9. The molecule has 2 amide bonds. The lowest BCUT2D eigenvalue weighted by atomic mass is 10.2. The van der Waals surface area contributed by atoms with Crippen LogP contribution in [0.3, 0.4) is 0 Å². The molecule has 4 rings (SSSR count). The minimum atomic E-state index is -0.406. The maximum atomic E-state index is 12.9. The van der Waals surface area contributed by atoms with Crippen LogP contribution in [-0.2, 0) is 9.59 Å². The number of anilines is 3. The van der Waals surface area contributed by atoms with Crippen LogP contribution >= 0.6 is 0 Å². The summed E-state index contributed by atoms with van der Waals surface area (Å²) in [7, 11) is 0. The van der Waals surface area contributed by atoms with Gasteiger partial charge in [-0.1, -0.05) is 12.1 Å². The molecule has 2 aromatic carbocycles. The number of quaternary nitrogens is 1. The van der Waals surface area contributed by atoms with Gasteiger partial charge in [-0.2, -0.15) is 0 Å². The second-order valence-electron chi connectivity index (χ2n) is 7.23. The van der Waals surface area contributed by atoms with E-state index >= 15 is 0 Å². The maximum absolute atomic E-state index is 12.9.